The maximum Gasteiger partial charge on any atom is 0.0267 e. The van der Waals surface area contributed by atoms with Gasteiger partial charge in [0.25, 0.3) is 0 Å². The lowest BCUT2D eigenvalue weighted by Crippen LogP contribution is -1.85. The van der Waals surface area contributed by atoms with Gasteiger partial charge < -0.3 is 0 Å². The van der Waals surface area contributed by atoms with Crippen molar-refractivity contribution in [2.45, 2.75) is 230 Å². The third-order valence-electron chi connectivity index (χ3n) is 2.06. The highest BCUT2D eigenvalue weighted by Crippen LogP contribution is 2.17. The van der Waals surface area contributed by atoms with E-state index < -0.39 is 230 Å². The van der Waals surface area contributed by atoms with Crippen LogP contribution in [-0.2, 0) is 0 Å². The van der Waals surface area contributed by atoms with Crippen molar-refractivity contribution in [2.24, 2.45) is 0 Å². The van der Waals surface area contributed by atoms with Crippen LogP contribution in [0, 0.1) is 0 Å². The largest absolute Gasteiger partial charge is 0.0654 e. The molecule has 0 heterocycles. The maximum absolute atomic E-state index is 8.52. The minimum atomic E-state index is -5.82. The van der Waals surface area contributed by atoms with Crippen molar-refractivity contribution in [1.29, 1.82) is 0 Å². The quantitative estimate of drug-likeness (QED) is 0.0723. The van der Waals surface area contributed by atoms with Gasteiger partial charge in [0.1, 0.15) is 0 Å². The Balaban J connectivity index is 8.55. The first kappa shape index (κ1) is 3.71. The summed E-state index contributed by atoms with van der Waals surface area (Å²) in [6.07, 6.45) is -188. The van der Waals surface area contributed by atoms with E-state index in [1.54, 1.807) is 0 Å². The zero-order valence-electron chi connectivity index (χ0n) is 92.0. The first-order valence-corrected chi connectivity index (χ1v) is 8.75. The molecule has 0 unspecified atom stereocenters. The van der Waals surface area contributed by atoms with Crippen molar-refractivity contribution in [3.63, 3.8) is 0 Å². The van der Waals surface area contributed by atoms with E-state index >= 15 is 0 Å². The van der Waals surface area contributed by atoms with Gasteiger partial charge in [-0.2, -0.15) is 0 Å². The zero-order valence-corrected chi connectivity index (χ0v) is 18.0. The lowest BCUT2D eigenvalue weighted by atomic mass is 10.0. The number of rotatable bonds is 33. The van der Waals surface area contributed by atoms with E-state index in [1.165, 1.54) is 0 Å². The second-order valence-electron chi connectivity index (χ2n) is 4.25. The van der Waals surface area contributed by atoms with Crippen LogP contribution in [0.2, 0.25) is 0 Å². The Morgan fingerprint density at radius 3 is 0.444 bits per heavy atom. The molecule has 0 radical (unpaired) electrons. The van der Waals surface area contributed by atoms with E-state index in [4.69, 9.17) is 101 Å². The molecule has 0 aromatic carbocycles. The van der Waals surface area contributed by atoms with Crippen LogP contribution in [0.3, 0.4) is 0 Å². The smallest absolute Gasteiger partial charge is 0.0267 e. The fourth-order valence-electron chi connectivity index (χ4n) is 1.00. The van der Waals surface area contributed by atoms with E-state index in [0.717, 1.165) is 0 Å². The van der Waals surface area contributed by atoms with E-state index in [2.05, 4.69) is 0 Å². The molecule has 0 atom stereocenters. The average Bonchev–Trinajstić information content (AvgIpc) is 0.694. The fourth-order valence-corrected chi connectivity index (χ4v) is 1.00. The van der Waals surface area contributed by atoms with Gasteiger partial charge in [-0.3, -0.25) is 0 Å². The number of hydrogen-bond acceptors (Lipinski definition) is 0. The SMILES string of the molecule is [2H]C([2H])([2H])C([2H])([2H])C([2H])([2H])C([2H])([2H])C([2H])([2H])C([2H])([2H])C([2H])([2H])C([2H])([2H])C([2H])([2H])C([2H])([2H])C([2H])([2H])C([2H])([2H])C([2H])([2H])C([2H])([2H])C([2H])([2H])C([2H])([2H])C([2H])([2H])C([2H])([2H])C([2H])([2H])C([2H])([2H])C([2H])([2H])C([2H])([2H])C([2H])([2H])C([2H])([2H])C([2H])([2H])C([2H])([2H])C([2H])([2H])C([2H])([2H])C([2H])([2H])C([2H])([2H])C([2H])([2H])C([2H])([2H])C([2H])([2H])C([2H])([2H])C([2H])([2H])C([2H])([2H])[2H]. The predicted octanol–water partition coefficient (Wildman–Crippen LogP) is 14.3. The van der Waals surface area contributed by atoms with Crippen LogP contribution in [-0.4, -0.2) is 0 Å². The molecule has 0 N–H and O–H groups in total. The Bertz CT molecular complexity index is 3060. The molecule has 0 saturated carbocycles. The summed E-state index contributed by atoms with van der Waals surface area (Å²) >= 11 is 0. The van der Waals surface area contributed by atoms with Crippen molar-refractivity contribution in [2.75, 3.05) is 0 Å². The summed E-state index contributed by atoms with van der Waals surface area (Å²) in [7, 11) is 0. The lowest BCUT2D eigenvalue weighted by Gasteiger charge is -2.05. The van der Waals surface area contributed by atoms with E-state index in [1.807, 2.05) is 0 Å². The molecule has 36 heavy (non-hydrogen) atoms. The summed E-state index contributed by atoms with van der Waals surface area (Å²) in [5.41, 5.74) is 0. The van der Waals surface area contributed by atoms with Gasteiger partial charge in [-0.15, -0.1) is 0 Å². The first-order chi connectivity index (χ1) is 45.8. The lowest BCUT2D eigenvalue weighted by molar-refractivity contribution is 0.511. The van der Waals surface area contributed by atoms with Crippen LogP contribution < -0.4 is 0 Å². The molecule has 0 saturated heterocycles. The van der Waals surface area contributed by atoms with Gasteiger partial charge in [-0.1, -0.05) is 230 Å². The van der Waals surface area contributed by atoms with Crippen LogP contribution in [0.5, 0.6) is 0 Å². The van der Waals surface area contributed by atoms with E-state index in [9.17, 15) is 0 Å². The summed E-state index contributed by atoms with van der Waals surface area (Å²) in [5, 5.41) is 0. The van der Waals surface area contributed by atoms with Crippen molar-refractivity contribution in [1.82, 2.24) is 0 Å². The summed E-state index contributed by atoms with van der Waals surface area (Å²) in [6.45, 7) is -8.65. The molecular formula is C36H74. The van der Waals surface area contributed by atoms with Gasteiger partial charge in [-0.05, 0) is 0 Å². The summed E-state index contributed by atoms with van der Waals surface area (Å²) < 4.78 is 612. The molecule has 0 bridgehead atoms. The molecule has 0 rings (SSSR count). The molecule has 0 aliphatic carbocycles. The zero-order chi connectivity index (χ0) is 92.0. The molecule has 0 spiro atoms. The average molecular weight is 581 g/mol. The third kappa shape index (κ3) is 34.0. The van der Waals surface area contributed by atoms with Gasteiger partial charge in [0.15, 0.2) is 0 Å². The molecule has 0 heteroatoms. The molecular weight excluding hydrogens is 432 g/mol. The summed E-state index contributed by atoms with van der Waals surface area (Å²) in [6, 6.07) is 0. The Hall–Kier alpha value is 0. The Labute approximate surface area is 335 Å². The fraction of sp³-hybridized carbons (Fsp3) is 1.00. The summed E-state index contributed by atoms with van der Waals surface area (Å²) in [4.78, 5) is 0. The first-order valence-electron chi connectivity index (χ1n) is 45.8. The monoisotopic (exact) mass is 581 g/mol. The van der Waals surface area contributed by atoms with Gasteiger partial charge in [0, 0.05) is 101 Å². The normalized spacial score (nSPS) is 56.2. The maximum atomic E-state index is 8.52. The Morgan fingerprint density at radius 1 is 0.222 bits per heavy atom. The van der Waals surface area contributed by atoms with Gasteiger partial charge in [0.05, 0.1) is 0 Å². The van der Waals surface area contributed by atoms with Gasteiger partial charge >= 0.3 is 0 Å². The van der Waals surface area contributed by atoms with Crippen LogP contribution >= 0.6 is 0 Å². The second kappa shape index (κ2) is 35.0. The van der Waals surface area contributed by atoms with Gasteiger partial charge in [-0.25, -0.2) is 0 Å². The second-order valence-corrected chi connectivity index (χ2v) is 4.25. The van der Waals surface area contributed by atoms with Crippen LogP contribution in [0.4, 0.5) is 0 Å². The molecule has 0 nitrogen and oxygen atoms in total. The minimum Gasteiger partial charge on any atom is -0.0654 e. The molecule has 0 amide bonds. The molecule has 0 fully saturated rings. The Kier molecular flexibility index (Phi) is 3.61. The van der Waals surface area contributed by atoms with Crippen molar-refractivity contribution in [3.8, 4) is 0 Å². The van der Waals surface area contributed by atoms with Gasteiger partial charge in [0.2, 0.25) is 0 Å². The standard InChI is InChI=1S/C36H74/c1-3-5-7-9-11-13-15-17-19-21-23-25-27-29-31-33-35-36-34-32-30-28-26-24-22-20-18-16-14-12-10-8-6-4-2/h3-36H2,1-2H3/i1D3,2D3,3D2,4D2,5D2,6D2,7D2,8D2,9D2,10D2,11D2,12D2,13D2,14D2,15D2,16D2,17D2,18D2,19D2,20D2,21D2,22D2,23D2,24D2,25D2,26D2,27D2,28D2,29D2,30D2,31D2,32D2,33D2,34D2,35D2,36D2. The highest BCUT2D eigenvalue weighted by Gasteiger charge is 1.97. The van der Waals surface area contributed by atoms with Crippen LogP contribution in [0.25, 0.3) is 0 Å². The molecule has 0 aliphatic rings. The topological polar surface area (TPSA) is 0 Å². The predicted molar refractivity (Wildman–Crippen MR) is 168 cm³/mol. The minimum absolute atomic E-state index is 4.33. The highest BCUT2D eigenvalue weighted by atomic mass is 14.0. The highest BCUT2D eigenvalue weighted by molar-refractivity contribution is 4.52. The Morgan fingerprint density at radius 2 is 0.333 bits per heavy atom. The van der Waals surface area contributed by atoms with Crippen LogP contribution in [0.15, 0.2) is 0 Å². The third-order valence-corrected chi connectivity index (χ3v) is 2.06. The number of hydrogen-bond donors (Lipinski definition) is 0. The van der Waals surface area contributed by atoms with Crippen molar-refractivity contribution < 1.29 is 101 Å². The molecule has 0 aromatic rings. The van der Waals surface area contributed by atoms with Crippen molar-refractivity contribution in [3.05, 3.63) is 0 Å². The molecule has 0 aromatic heterocycles. The van der Waals surface area contributed by atoms with E-state index in [-0.39, 0.29) is 0 Å². The summed E-state index contributed by atoms with van der Waals surface area (Å²) in [5.74, 6) is 0. The van der Waals surface area contributed by atoms with E-state index in [0.29, 0.717) is 0 Å². The molecule has 0 aliphatic heterocycles. The van der Waals surface area contributed by atoms with Crippen LogP contribution in [0.1, 0.15) is 332 Å². The molecule has 218 valence electrons. The van der Waals surface area contributed by atoms with Crippen molar-refractivity contribution >= 4 is 0 Å².